The molecule has 0 unspecified atom stereocenters. The summed E-state index contributed by atoms with van der Waals surface area (Å²) in [7, 11) is 0. The van der Waals surface area contributed by atoms with Crippen LogP contribution in [-0.2, 0) is 19.5 Å². The second-order valence-corrected chi connectivity index (χ2v) is 7.69. The van der Waals surface area contributed by atoms with Gasteiger partial charge >= 0.3 is 0 Å². The highest BCUT2D eigenvalue weighted by Crippen LogP contribution is 2.27. The van der Waals surface area contributed by atoms with Crippen LogP contribution in [0.5, 0.6) is 0 Å². The van der Waals surface area contributed by atoms with Gasteiger partial charge in [0.25, 0.3) is 5.56 Å². The quantitative estimate of drug-likeness (QED) is 0.622. The number of aromatic amines is 2. The van der Waals surface area contributed by atoms with Gasteiger partial charge in [-0.1, -0.05) is 28.1 Å². The van der Waals surface area contributed by atoms with Crippen LogP contribution in [0.3, 0.4) is 0 Å². The van der Waals surface area contributed by atoms with Crippen LogP contribution < -0.4 is 5.56 Å². The molecule has 0 fully saturated rings. The molecule has 0 aliphatic carbocycles. The number of hydrogen-bond acceptors (Lipinski definition) is 4. The highest BCUT2D eigenvalue weighted by atomic mass is 79.9. The Morgan fingerprint density at radius 3 is 3.00 bits per heavy atom. The molecule has 1 aliphatic heterocycles. The number of nitrogens with zero attached hydrogens (tertiary/aromatic N) is 2. The highest BCUT2D eigenvalue weighted by molar-refractivity contribution is 9.10. The number of H-pyrrole nitrogens is 2. The van der Waals surface area contributed by atoms with Crippen molar-refractivity contribution in [1.29, 1.82) is 0 Å². The summed E-state index contributed by atoms with van der Waals surface area (Å²) in [6.07, 6.45) is 4.51. The van der Waals surface area contributed by atoms with Crippen LogP contribution in [-0.4, -0.2) is 26.4 Å². The number of aromatic nitrogens is 3. The van der Waals surface area contributed by atoms with E-state index < -0.39 is 0 Å². The largest absolute Gasteiger partial charge is 0.335 e. The molecule has 0 saturated carbocycles. The van der Waals surface area contributed by atoms with Gasteiger partial charge in [-0.3, -0.25) is 19.7 Å². The molecule has 0 bridgehead atoms. The zero-order valence-corrected chi connectivity index (χ0v) is 16.4. The van der Waals surface area contributed by atoms with Crippen molar-refractivity contribution >= 4 is 28.1 Å². The van der Waals surface area contributed by atoms with Crippen LogP contribution in [0.25, 0.3) is 11.1 Å². The number of nitrogens with one attached hydrogen (secondary N) is 2. The minimum Gasteiger partial charge on any atom is -0.335 e. The van der Waals surface area contributed by atoms with Gasteiger partial charge in [0.1, 0.15) is 0 Å². The fraction of sp³-hybridized carbons (Fsp3) is 0.211. The molecular weight excluding hydrogens is 412 g/mol. The third-order valence-electron chi connectivity index (χ3n) is 4.62. The van der Waals surface area contributed by atoms with Crippen molar-refractivity contribution in [2.24, 2.45) is 0 Å². The van der Waals surface area contributed by atoms with Gasteiger partial charge in [0.15, 0.2) is 4.77 Å². The van der Waals surface area contributed by atoms with E-state index in [0.29, 0.717) is 11.3 Å². The lowest BCUT2D eigenvalue weighted by Crippen LogP contribution is -2.35. The molecule has 3 heterocycles. The van der Waals surface area contributed by atoms with E-state index in [-0.39, 0.29) is 5.56 Å². The molecule has 0 amide bonds. The fourth-order valence-corrected chi connectivity index (χ4v) is 3.99. The molecule has 4 rings (SSSR count). The van der Waals surface area contributed by atoms with Gasteiger partial charge in [-0.15, -0.1) is 0 Å². The summed E-state index contributed by atoms with van der Waals surface area (Å²) in [4.78, 5) is 24.6. The topological polar surface area (TPSA) is 64.8 Å². The van der Waals surface area contributed by atoms with Crippen LogP contribution in [0, 0.1) is 4.77 Å². The van der Waals surface area contributed by atoms with Crippen molar-refractivity contribution in [3.63, 3.8) is 0 Å². The second-order valence-electron chi connectivity index (χ2n) is 6.37. The molecular formula is C19H17BrN4OS. The molecule has 2 N–H and O–H groups in total. The molecule has 5 nitrogen and oxygen atoms in total. The first-order chi connectivity index (χ1) is 12.6. The summed E-state index contributed by atoms with van der Waals surface area (Å²) in [6.45, 7) is 2.21. The molecule has 26 heavy (non-hydrogen) atoms. The summed E-state index contributed by atoms with van der Waals surface area (Å²) < 4.78 is 1.44. The normalized spacial score (nSPS) is 14.2. The van der Waals surface area contributed by atoms with Gasteiger partial charge in [-0.05, 0) is 47.1 Å². The van der Waals surface area contributed by atoms with Crippen LogP contribution >= 0.6 is 28.1 Å². The molecule has 1 aromatic carbocycles. The number of benzene rings is 1. The smallest absolute Gasteiger partial charge is 0.256 e. The predicted molar refractivity (Wildman–Crippen MR) is 107 cm³/mol. The first-order valence-electron chi connectivity index (χ1n) is 8.36. The molecule has 0 saturated heterocycles. The number of pyridine rings is 1. The zero-order chi connectivity index (χ0) is 18.1. The lowest BCUT2D eigenvalue weighted by molar-refractivity contribution is 0.241. The van der Waals surface area contributed by atoms with E-state index in [1.54, 1.807) is 0 Å². The number of fused-ring (bicyclic) bond motifs is 1. The maximum absolute atomic E-state index is 12.2. The molecule has 132 valence electrons. The minimum atomic E-state index is -0.0909. The number of halogens is 1. The predicted octanol–water partition coefficient (Wildman–Crippen LogP) is 3.82. The van der Waals surface area contributed by atoms with E-state index in [0.717, 1.165) is 51.9 Å². The van der Waals surface area contributed by atoms with Gasteiger partial charge in [-0.25, -0.2) is 0 Å². The molecule has 0 spiro atoms. The van der Waals surface area contributed by atoms with Crippen molar-refractivity contribution in [2.75, 3.05) is 6.54 Å². The van der Waals surface area contributed by atoms with E-state index in [9.17, 15) is 4.79 Å². The van der Waals surface area contributed by atoms with E-state index in [1.807, 2.05) is 30.6 Å². The Morgan fingerprint density at radius 2 is 2.15 bits per heavy atom. The van der Waals surface area contributed by atoms with E-state index >= 15 is 0 Å². The minimum absolute atomic E-state index is 0.0909. The van der Waals surface area contributed by atoms with E-state index in [4.69, 9.17) is 12.2 Å². The van der Waals surface area contributed by atoms with Crippen molar-refractivity contribution < 1.29 is 0 Å². The van der Waals surface area contributed by atoms with Crippen molar-refractivity contribution in [3.8, 4) is 11.1 Å². The Morgan fingerprint density at radius 1 is 1.27 bits per heavy atom. The van der Waals surface area contributed by atoms with Gasteiger partial charge in [-0.2, -0.15) is 0 Å². The molecule has 3 aromatic rings. The monoisotopic (exact) mass is 428 g/mol. The molecule has 1 aliphatic rings. The average molecular weight is 429 g/mol. The average Bonchev–Trinajstić information content (AvgIpc) is 2.63. The van der Waals surface area contributed by atoms with E-state index in [1.165, 1.54) is 0 Å². The summed E-state index contributed by atoms with van der Waals surface area (Å²) in [5.74, 6) is 0. The second kappa shape index (κ2) is 7.26. The SMILES string of the molecule is O=c1[nH]c(=S)[nH]c2c1CN(Cc1cnccc1-c1cccc(Br)c1)CC2. The van der Waals surface area contributed by atoms with Crippen molar-refractivity contribution in [2.45, 2.75) is 19.5 Å². The summed E-state index contributed by atoms with van der Waals surface area (Å²) >= 11 is 8.60. The highest BCUT2D eigenvalue weighted by Gasteiger charge is 2.20. The Labute approximate surface area is 164 Å². The maximum atomic E-state index is 12.2. The van der Waals surface area contributed by atoms with E-state index in [2.05, 4.69) is 47.9 Å². The third-order valence-corrected chi connectivity index (χ3v) is 5.32. The van der Waals surface area contributed by atoms with Crippen molar-refractivity contribution in [1.82, 2.24) is 19.9 Å². The lowest BCUT2D eigenvalue weighted by atomic mass is 10.0. The molecule has 7 heteroatoms. The summed E-state index contributed by atoms with van der Waals surface area (Å²) in [5, 5.41) is 0. The van der Waals surface area contributed by atoms with Gasteiger partial charge in [0.2, 0.25) is 0 Å². The van der Waals surface area contributed by atoms with Crippen molar-refractivity contribution in [3.05, 3.63) is 79.1 Å². The van der Waals surface area contributed by atoms with Gasteiger partial charge < -0.3 is 4.98 Å². The lowest BCUT2D eigenvalue weighted by Gasteiger charge is -2.28. The Balaban J connectivity index is 1.63. The molecule has 0 atom stereocenters. The van der Waals surface area contributed by atoms with Gasteiger partial charge in [0, 0.05) is 48.6 Å². The fourth-order valence-electron chi connectivity index (χ4n) is 3.38. The first-order valence-corrected chi connectivity index (χ1v) is 9.56. The Bertz CT molecular complexity index is 1080. The third kappa shape index (κ3) is 3.56. The van der Waals surface area contributed by atoms with Crippen LogP contribution in [0.1, 0.15) is 16.8 Å². The summed E-state index contributed by atoms with van der Waals surface area (Å²) in [6, 6.07) is 10.3. The molecule has 0 radical (unpaired) electrons. The maximum Gasteiger partial charge on any atom is 0.256 e. The number of hydrogen-bond donors (Lipinski definition) is 2. The Hall–Kier alpha value is -2.09. The van der Waals surface area contributed by atoms with Crippen LogP contribution in [0.2, 0.25) is 0 Å². The first kappa shape index (κ1) is 17.3. The van der Waals surface area contributed by atoms with Gasteiger partial charge in [0.05, 0.1) is 5.56 Å². The summed E-state index contributed by atoms with van der Waals surface area (Å²) in [5.41, 5.74) is 5.09. The zero-order valence-electron chi connectivity index (χ0n) is 14.0. The molecule has 2 aromatic heterocycles. The van der Waals surface area contributed by atoms with Crippen LogP contribution in [0.4, 0.5) is 0 Å². The van der Waals surface area contributed by atoms with Crippen LogP contribution in [0.15, 0.2) is 52.0 Å². The standard InChI is InChI=1S/C19H17BrN4OS/c20-14-3-1-2-12(8-14)15-4-6-21-9-13(15)10-24-7-5-17-16(11-24)18(25)23-19(26)22-17/h1-4,6,8-9H,5,7,10-11H2,(H2,22,23,25,26). The number of rotatable bonds is 3. The Kier molecular flexibility index (Phi) is 4.84.